The first kappa shape index (κ1) is 30.0. The summed E-state index contributed by atoms with van der Waals surface area (Å²) in [7, 11) is -2.04. The van der Waals surface area contributed by atoms with Crippen LogP contribution in [0.2, 0.25) is 0 Å². The van der Waals surface area contributed by atoms with Crippen LogP contribution < -0.4 is 10.6 Å². The van der Waals surface area contributed by atoms with E-state index in [-0.39, 0.29) is 0 Å². The molecule has 0 aromatic heterocycles. The molecular formula is C20H6F10MoO3P-. The smallest absolute Gasteiger partial charge is 0.172 e. The van der Waals surface area contributed by atoms with Crippen LogP contribution in [0, 0.1) is 58.2 Å². The predicted molar refractivity (Wildman–Crippen MR) is 99.2 cm³/mol. The van der Waals surface area contributed by atoms with Crippen LogP contribution in [0.1, 0.15) is 0 Å². The zero-order valence-corrected chi connectivity index (χ0v) is 19.3. The van der Waals surface area contributed by atoms with E-state index >= 15 is 0 Å². The van der Waals surface area contributed by atoms with Gasteiger partial charge in [0.2, 0.25) is 11.6 Å². The SMILES string of the molecule is Fc1c(F)c(F)c(Pc2c(F)c(F)c(F)c(F)c2F)c(F)c1F.O=[C]=[Mo](=[C]=O)=[C]=O.c1cc[cH-]c1. The molecule has 3 rings (SSSR count). The molecule has 3 nitrogen and oxygen atoms in total. The van der Waals surface area contributed by atoms with Crippen molar-refractivity contribution < 1.29 is 74.2 Å². The van der Waals surface area contributed by atoms with Crippen molar-refractivity contribution in [3.63, 3.8) is 0 Å². The van der Waals surface area contributed by atoms with E-state index in [9.17, 15) is 58.3 Å². The molecule has 15 heteroatoms. The van der Waals surface area contributed by atoms with Crippen molar-refractivity contribution in [1.29, 1.82) is 0 Å². The first-order valence-corrected chi connectivity index (χ1v) is 12.3. The van der Waals surface area contributed by atoms with Gasteiger partial charge in [0.25, 0.3) is 0 Å². The minimum Gasteiger partial charge on any atom is -0.214 e. The van der Waals surface area contributed by atoms with Crippen LogP contribution in [0.5, 0.6) is 0 Å². The first-order valence-electron chi connectivity index (χ1n) is 8.28. The summed E-state index contributed by atoms with van der Waals surface area (Å²) < 4.78 is 135. The van der Waals surface area contributed by atoms with Gasteiger partial charge in [-0.2, -0.15) is 18.2 Å². The topological polar surface area (TPSA) is 51.2 Å². The summed E-state index contributed by atoms with van der Waals surface area (Å²) in [5.41, 5.74) is 0. The molecule has 0 saturated carbocycles. The molecule has 0 fully saturated rings. The van der Waals surface area contributed by atoms with Crippen molar-refractivity contribution in [2.75, 3.05) is 0 Å². The van der Waals surface area contributed by atoms with E-state index in [0.29, 0.717) is 0 Å². The van der Waals surface area contributed by atoms with E-state index in [1.807, 2.05) is 30.3 Å². The molecule has 35 heavy (non-hydrogen) atoms. The number of hydrogen-bond donors (Lipinski definition) is 0. The first-order chi connectivity index (χ1) is 16.4. The van der Waals surface area contributed by atoms with Crippen LogP contribution in [0.15, 0.2) is 30.3 Å². The standard InChI is InChI=1S/C12HF10P.C5H5.3CO.Mo/c13-1-3(15)7(19)11(8(20)4(1)16)23-12-9(21)5(17)2(14)6(18)10(12)22;1-2-4-5-3-1;3*1-2;/h23H;1-5H;;;;/q;-1;;;;. The minimum absolute atomic E-state index is 1.27. The van der Waals surface area contributed by atoms with E-state index in [0.717, 1.165) is 0 Å². The Morgan fingerprint density at radius 3 is 0.943 bits per heavy atom. The Morgan fingerprint density at radius 1 is 0.514 bits per heavy atom. The Labute approximate surface area is 194 Å². The second-order valence-electron chi connectivity index (χ2n) is 5.53. The molecule has 0 aliphatic heterocycles. The second-order valence-corrected chi connectivity index (χ2v) is 9.52. The van der Waals surface area contributed by atoms with Crippen molar-refractivity contribution >= 4 is 32.0 Å². The average molecular weight is 611 g/mol. The molecule has 186 valence electrons. The van der Waals surface area contributed by atoms with Gasteiger partial charge in [0.05, 0.1) is 10.6 Å². The Balaban J connectivity index is 0.000000417. The predicted octanol–water partition coefficient (Wildman–Crippen LogP) is 3.92. The van der Waals surface area contributed by atoms with Crippen LogP contribution in [0.3, 0.4) is 0 Å². The van der Waals surface area contributed by atoms with Crippen LogP contribution in [-0.2, 0) is 30.3 Å². The molecule has 0 amide bonds. The maximum absolute atomic E-state index is 13.4. The van der Waals surface area contributed by atoms with Crippen molar-refractivity contribution in [3.8, 4) is 0 Å². The molecule has 0 saturated heterocycles. The molecular weight excluding hydrogens is 605 g/mol. The summed E-state index contributed by atoms with van der Waals surface area (Å²) >= 11 is -2.85. The number of hydrogen-bond acceptors (Lipinski definition) is 3. The maximum Gasteiger partial charge on any atom is -0.172 e. The summed E-state index contributed by atoms with van der Waals surface area (Å²) in [5, 5.41) is -3.41. The van der Waals surface area contributed by atoms with Crippen molar-refractivity contribution in [2.45, 2.75) is 0 Å². The van der Waals surface area contributed by atoms with Gasteiger partial charge >= 0.3 is 43.1 Å². The normalized spacial score (nSPS) is 9.54. The zero-order valence-electron chi connectivity index (χ0n) is 16.3. The largest absolute Gasteiger partial charge is 0.214 e. The maximum atomic E-state index is 13.4. The van der Waals surface area contributed by atoms with Gasteiger partial charge < -0.3 is 0 Å². The van der Waals surface area contributed by atoms with Gasteiger partial charge in [-0.15, -0.1) is 0 Å². The summed E-state index contributed by atoms with van der Waals surface area (Å²) in [4.78, 5) is 28.2. The second kappa shape index (κ2) is 13.7. The van der Waals surface area contributed by atoms with Crippen molar-refractivity contribution in [3.05, 3.63) is 88.5 Å². The molecule has 0 radical (unpaired) electrons. The Morgan fingerprint density at radius 2 is 0.771 bits per heavy atom. The van der Waals surface area contributed by atoms with E-state index in [1.165, 1.54) is 12.8 Å². The Kier molecular flexibility index (Phi) is 11.8. The van der Waals surface area contributed by atoms with Crippen molar-refractivity contribution in [2.24, 2.45) is 0 Å². The molecule has 0 unspecified atom stereocenters. The molecule has 0 heterocycles. The fourth-order valence-corrected chi connectivity index (χ4v) is 3.30. The van der Waals surface area contributed by atoms with Crippen LogP contribution in [-0.4, -0.2) is 12.8 Å². The number of benzene rings is 2. The molecule has 0 aliphatic carbocycles. The quantitative estimate of drug-likeness (QED) is 0.110. The van der Waals surface area contributed by atoms with Crippen LogP contribution >= 0.6 is 8.58 Å². The third-order valence-electron chi connectivity index (χ3n) is 3.48. The summed E-state index contributed by atoms with van der Waals surface area (Å²) in [6.07, 6.45) is 0. The number of rotatable bonds is 2. The van der Waals surface area contributed by atoms with Gasteiger partial charge in [0.15, 0.2) is 46.5 Å². The van der Waals surface area contributed by atoms with E-state index in [4.69, 9.17) is 0 Å². The van der Waals surface area contributed by atoms with Gasteiger partial charge in [0, 0.05) is 0 Å². The number of halogens is 10. The van der Waals surface area contributed by atoms with Gasteiger partial charge in [-0.3, -0.25) is 0 Å². The fourth-order valence-electron chi connectivity index (χ4n) is 1.93. The average Bonchev–Trinajstić information content (AvgIpc) is 3.45. The Hall–Kier alpha value is -3.05. The zero-order chi connectivity index (χ0) is 26.9. The molecule has 0 N–H and O–H groups in total. The Bertz CT molecular complexity index is 1260. The number of carbonyl (C=O) groups excluding carboxylic acids is 3. The third-order valence-corrected chi connectivity index (χ3v) is 6.08. The molecule has 0 atom stereocenters. The monoisotopic (exact) mass is 613 g/mol. The molecule has 3 aromatic carbocycles. The summed E-state index contributed by atoms with van der Waals surface area (Å²) in [5.74, 6) is -24.4. The van der Waals surface area contributed by atoms with E-state index in [1.54, 1.807) is 0 Å². The van der Waals surface area contributed by atoms with Crippen LogP contribution in [0.25, 0.3) is 0 Å². The van der Waals surface area contributed by atoms with Crippen molar-refractivity contribution in [1.82, 2.24) is 0 Å². The molecule has 0 bridgehead atoms. The fraction of sp³-hybridized carbons (Fsp3) is 0. The van der Waals surface area contributed by atoms with Gasteiger partial charge in [-0.1, -0.05) is 0 Å². The molecule has 0 aliphatic rings. The molecule has 0 spiro atoms. The summed E-state index contributed by atoms with van der Waals surface area (Å²) in [6, 6.07) is 10.0. The van der Waals surface area contributed by atoms with Crippen LogP contribution in [0.4, 0.5) is 43.9 Å². The van der Waals surface area contributed by atoms with Gasteiger partial charge in [-0.05, 0) is 8.58 Å². The van der Waals surface area contributed by atoms with E-state index in [2.05, 4.69) is 0 Å². The minimum atomic E-state index is -2.85. The van der Waals surface area contributed by atoms with E-state index < -0.39 is 93.3 Å². The third kappa shape index (κ3) is 7.22. The summed E-state index contributed by atoms with van der Waals surface area (Å²) in [6.45, 7) is 0. The van der Waals surface area contributed by atoms with Gasteiger partial charge in [0.1, 0.15) is 0 Å². The molecule has 3 aromatic rings. The van der Waals surface area contributed by atoms with Gasteiger partial charge in [-0.25, -0.2) is 56.0 Å².